The van der Waals surface area contributed by atoms with Crippen LogP contribution in [0.5, 0.6) is 0 Å². The molecule has 6 heteroatoms. The van der Waals surface area contributed by atoms with Gasteiger partial charge in [0.15, 0.2) is 0 Å². The molecule has 0 bridgehead atoms. The Labute approximate surface area is 107 Å². The second kappa shape index (κ2) is 5.33. The molecule has 0 fully saturated rings. The standard InChI is InChI=1S/C11H17ClN2O2S/c1-4-11(3,5-2)14-17(15,16)9-6-7-13-10(12)8-9/h6-8,14H,4-5H2,1-3H3. The molecule has 4 nitrogen and oxygen atoms in total. The zero-order chi connectivity index (χ0) is 13.1. The fourth-order valence-corrected chi connectivity index (χ4v) is 3.13. The van der Waals surface area contributed by atoms with Crippen LogP contribution in [-0.4, -0.2) is 18.9 Å². The van der Waals surface area contributed by atoms with Gasteiger partial charge in [-0.2, -0.15) is 0 Å². The molecule has 0 amide bonds. The second-order valence-corrected chi connectivity index (χ2v) is 6.26. The van der Waals surface area contributed by atoms with E-state index >= 15 is 0 Å². The van der Waals surface area contributed by atoms with Gasteiger partial charge in [0.05, 0.1) is 4.90 Å². The Morgan fingerprint density at radius 3 is 2.47 bits per heavy atom. The van der Waals surface area contributed by atoms with Crippen molar-refractivity contribution in [3.63, 3.8) is 0 Å². The molecule has 1 rings (SSSR count). The number of rotatable bonds is 5. The average Bonchev–Trinajstić information content (AvgIpc) is 2.28. The van der Waals surface area contributed by atoms with Gasteiger partial charge in [-0.1, -0.05) is 25.4 Å². The van der Waals surface area contributed by atoms with Gasteiger partial charge >= 0.3 is 0 Å². The van der Waals surface area contributed by atoms with Crippen molar-refractivity contribution in [2.75, 3.05) is 0 Å². The summed E-state index contributed by atoms with van der Waals surface area (Å²) in [5, 5.41) is 0.169. The topological polar surface area (TPSA) is 59.1 Å². The minimum Gasteiger partial charge on any atom is -0.244 e. The van der Waals surface area contributed by atoms with Crippen molar-refractivity contribution in [2.24, 2.45) is 0 Å². The fourth-order valence-electron chi connectivity index (χ4n) is 1.33. The number of nitrogens with one attached hydrogen (secondary N) is 1. The Balaban J connectivity index is 3.05. The summed E-state index contributed by atoms with van der Waals surface area (Å²) >= 11 is 5.69. The van der Waals surface area contributed by atoms with Crippen LogP contribution in [0.4, 0.5) is 0 Å². The Hall–Kier alpha value is -0.650. The number of sulfonamides is 1. The number of pyridine rings is 1. The minimum atomic E-state index is -3.54. The highest BCUT2D eigenvalue weighted by molar-refractivity contribution is 7.89. The van der Waals surface area contributed by atoms with E-state index in [1.165, 1.54) is 18.3 Å². The molecule has 0 unspecified atom stereocenters. The molecule has 0 aromatic carbocycles. The van der Waals surface area contributed by atoms with Crippen LogP contribution in [-0.2, 0) is 10.0 Å². The number of nitrogens with zero attached hydrogens (tertiary/aromatic N) is 1. The molecule has 0 saturated carbocycles. The Kier molecular flexibility index (Phi) is 4.52. The maximum atomic E-state index is 12.1. The van der Waals surface area contributed by atoms with Gasteiger partial charge < -0.3 is 0 Å². The van der Waals surface area contributed by atoms with E-state index in [9.17, 15) is 8.42 Å². The van der Waals surface area contributed by atoms with Gasteiger partial charge in [0, 0.05) is 11.7 Å². The first kappa shape index (κ1) is 14.4. The van der Waals surface area contributed by atoms with Crippen LogP contribution in [0.25, 0.3) is 0 Å². The summed E-state index contributed by atoms with van der Waals surface area (Å²) in [5.74, 6) is 0. The van der Waals surface area contributed by atoms with E-state index < -0.39 is 15.6 Å². The third kappa shape index (κ3) is 3.66. The average molecular weight is 277 g/mol. The van der Waals surface area contributed by atoms with E-state index in [1.807, 2.05) is 20.8 Å². The highest BCUT2D eigenvalue weighted by atomic mass is 35.5. The molecule has 1 N–H and O–H groups in total. The zero-order valence-electron chi connectivity index (χ0n) is 10.2. The summed E-state index contributed by atoms with van der Waals surface area (Å²) in [5.41, 5.74) is -0.436. The maximum Gasteiger partial charge on any atom is 0.241 e. The molecular formula is C11H17ClN2O2S. The van der Waals surface area contributed by atoms with Crippen molar-refractivity contribution >= 4 is 21.6 Å². The highest BCUT2D eigenvalue weighted by Crippen LogP contribution is 2.19. The summed E-state index contributed by atoms with van der Waals surface area (Å²) in [7, 11) is -3.54. The third-order valence-corrected chi connectivity index (χ3v) is 4.79. The number of hydrogen-bond acceptors (Lipinski definition) is 3. The van der Waals surface area contributed by atoms with Crippen LogP contribution in [0.1, 0.15) is 33.6 Å². The second-order valence-electron chi connectivity index (χ2n) is 4.19. The first-order valence-electron chi connectivity index (χ1n) is 5.48. The Morgan fingerprint density at radius 1 is 1.41 bits per heavy atom. The van der Waals surface area contributed by atoms with E-state index in [-0.39, 0.29) is 10.0 Å². The Morgan fingerprint density at radius 2 is 2.00 bits per heavy atom. The molecule has 1 heterocycles. The number of aromatic nitrogens is 1. The molecule has 0 aliphatic heterocycles. The normalized spacial score (nSPS) is 12.7. The van der Waals surface area contributed by atoms with Gasteiger partial charge in [0.1, 0.15) is 5.15 Å². The van der Waals surface area contributed by atoms with E-state index in [4.69, 9.17) is 11.6 Å². The van der Waals surface area contributed by atoms with E-state index in [1.54, 1.807) is 0 Å². The summed E-state index contributed by atoms with van der Waals surface area (Å²) in [6, 6.07) is 2.77. The minimum absolute atomic E-state index is 0.144. The molecule has 0 spiro atoms. The zero-order valence-corrected chi connectivity index (χ0v) is 11.8. The lowest BCUT2D eigenvalue weighted by Gasteiger charge is -2.27. The lowest BCUT2D eigenvalue weighted by atomic mass is 9.98. The van der Waals surface area contributed by atoms with Gasteiger partial charge in [-0.3, -0.25) is 0 Å². The molecule has 0 aliphatic rings. The lowest BCUT2D eigenvalue weighted by molar-refractivity contribution is 0.388. The molecule has 0 radical (unpaired) electrons. The van der Waals surface area contributed by atoms with Crippen molar-refractivity contribution in [3.8, 4) is 0 Å². The van der Waals surface area contributed by atoms with Crippen LogP contribution in [0.3, 0.4) is 0 Å². The smallest absolute Gasteiger partial charge is 0.241 e. The monoisotopic (exact) mass is 276 g/mol. The van der Waals surface area contributed by atoms with E-state index in [2.05, 4.69) is 9.71 Å². The largest absolute Gasteiger partial charge is 0.244 e. The van der Waals surface area contributed by atoms with Crippen LogP contribution in [0, 0.1) is 0 Å². The van der Waals surface area contributed by atoms with E-state index in [0.29, 0.717) is 0 Å². The van der Waals surface area contributed by atoms with Crippen molar-refractivity contribution < 1.29 is 8.42 Å². The summed E-state index contributed by atoms with van der Waals surface area (Å²) in [4.78, 5) is 3.91. The van der Waals surface area contributed by atoms with Crippen LogP contribution in [0.15, 0.2) is 23.2 Å². The number of halogens is 1. The first-order valence-corrected chi connectivity index (χ1v) is 7.34. The molecule has 17 heavy (non-hydrogen) atoms. The SMILES string of the molecule is CCC(C)(CC)NS(=O)(=O)c1ccnc(Cl)c1. The molecular weight excluding hydrogens is 260 g/mol. The quantitative estimate of drug-likeness (QED) is 0.841. The third-order valence-electron chi connectivity index (χ3n) is 2.95. The van der Waals surface area contributed by atoms with Crippen molar-refractivity contribution in [3.05, 3.63) is 23.5 Å². The van der Waals surface area contributed by atoms with Gasteiger partial charge in [0.2, 0.25) is 10.0 Å². The highest BCUT2D eigenvalue weighted by Gasteiger charge is 2.27. The molecule has 0 saturated heterocycles. The van der Waals surface area contributed by atoms with Gasteiger partial charge in [-0.25, -0.2) is 18.1 Å². The fraction of sp³-hybridized carbons (Fsp3) is 0.545. The maximum absolute atomic E-state index is 12.1. The molecule has 96 valence electrons. The van der Waals surface area contributed by atoms with Gasteiger partial charge in [-0.15, -0.1) is 0 Å². The Bertz CT molecular complexity index is 484. The molecule has 1 aromatic rings. The van der Waals surface area contributed by atoms with Crippen LogP contribution >= 0.6 is 11.6 Å². The lowest BCUT2D eigenvalue weighted by Crippen LogP contribution is -2.44. The molecule has 1 aromatic heterocycles. The molecule has 0 atom stereocenters. The van der Waals surface area contributed by atoms with Crippen LogP contribution in [0.2, 0.25) is 5.15 Å². The van der Waals surface area contributed by atoms with Crippen molar-refractivity contribution in [1.82, 2.24) is 9.71 Å². The predicted octanol–water partition coefficient (Wildman–Crippen LogP) is 2.59. The predicted molar refractivity (Wildman–Crippen MR) is 68.6 cm³/mol. The number of hydrogen-bond donors (Lipinski definition) is 1. The van der Waals surface area contributed by atoms with Gasteiger partial charge in [-0.05, 0) is 31.9 Å². The molecule has 0 aliphatic carbocycles. The first-order chi connectivity index (χ1) is 7.83. The van der Waals surface area contributed by atoms with Crippen LogP contribution < -0.4 is 4.72 Å². The summed E-state index contributed by atoms with van der Waals surface area (Å²) < 4.78 is 26.9. The summed E-state index contributed by atoms with van der Waals surface area (Å²) in [6.07, 6.45) is 2.83. The van der Waals surface area contributed by atoms with Gasteiger partial charge in [0.25, 0.3) is 0 Å². The van der Waals surface area contributed by atoms with Crippen molar-refractivity contribution in [2.45, 2.75) is 44.0 Å². The van der Waals surface area contributed by atoms with E-state index in [0.717, 1.165) is 12.8 Å². The van der Waals surface area contributed by atoms with Crippen molar-refractivity contribution in [1.29, 1.82) is 0 Å². The summed E-state index contributed by atoms with van der Waals surface area (Å²) in [6.45, 7) is 5.78.